The van der Waals surface area contributed by atoms with Gasteiger partial charge in [-0.3, -0.25) is 15.0 Å². The molecule has 1 heterocycles. The fourth-order valence-corrected chi connectivity index (χ4v) is 1.79. The van der Waals surface area contributed by atoms with Crippen LogP contribution in [0.25, 0.3) is 0 Å². The SMILES string of the molecule is O=C(Oc1cc(=O)[nH][nH]1)C1=C2C=CC=C2C=C1. The Labute approximate surface area is 95.8 Å². The number of aromatic nitrogens is 2. The molecule has 0 saturated carbocycles. The second-order valence-electron chi connectivity index (χ2n) is 3.65. The van der Waals surface area contributed by atoms with E-state index >= 15 is 0 Å². The van der Waals surface area contributed by atoms with Crippen LogP contribution in [0.15, 0.2) is 58.0 Å². The molecule has 17 heavy (non-hydrogen) atoms. The van der Waals surface area contributed by atoms with Gasteiger partial charge in [0, 0.05) is 0 Å². The van der Waals surface area contributed by atoms with E-state index in [4.69, 9.17) is 4.74 Å². The lowest BCUT2D eigenvalue weighted by molar-refractivity contribution is -0.130. The summed E-state index contributed by atoms with van der Waals surface area (Å²) >= 11 is 0. The number of aromatic amines is 2. The van der Waals surface area contributed by atoms with E-state index in [1.54, 1.807) is 6.08 Å². The number of nitrogens with one attached hydrogen (secondary N) is 2. The van der Waals surface area contributed by atoms with Crippen LogP contribution in [0.1, 0.15) is 0 Å². The predicted octanol–water partition coefficient (Wildman–Crippen LogP) is 0.971. The Morgan fingerprint density at radius 2 is 2.06 bits per heavy atom. The number of hydrogen-bond acceptors (Lipinski definition) is 3. The molecule has 0 unspecified atom stereocenters. The van der Waals surface area contributed by atoms with Gasteiger partial charge in [-0.25, -0.2) is 4.79 Å². The van der Waals surface area contributed by atoms with Crippen molar-refractivity contribution >= 4 is 5.97 Å². The molecule has 1 aromatic heterocycles. The molecule has 0 saturated heterocycles. The van der Waals surface area contributed by atoms with Gasteiger partial charge < -0.3 is 4.74 Å². The van der Waals surface area contributed by atoms with Gasteiger partial charge in [0.1, 0.15) is 0 Å². The van der Waals surface area contributed by atoms with E-state index in [1.165, 1.54) is 6.07 Å². The third kappa shape index (κ3) is 1.57. The Morgan fingerprint density at radius 1 is 1.18 bits per heavy atom. The van der Waals surface area contributed by atoms with E-state index in [-0.39, 0.29) is 11.4 Å². The Bertz CT molecular complexity index is 668. The maximum absolute atomic E-state index is 11.8. The number of ether oxygens (including phenoxy) is 1. The number of carbonyl (C=O) groups excluding carboxylic acids is 1. The van der Waals surface area contributed by atoms with Gasteiger partial charge in [-0.15, -0.1) is 0 Å². The molecule has 0 spiro atoms. The van der Waals surface area contributed by atoms with Gasteiger partial charge >= 0.3 is 5.97 Å². The van der Waals surface area contributed by atoms with Gasteiger partial charge in [0.05, 0.1) is 11.6 Å². The average molecular weight is 228 g/mol. The highest BCUT2D eigenvalue weighted by Gasteiger charge is 2.22. The minimum atomic E-state index is -0.485. The number of fused-ring (bicyclic) bond motifs is 1. The molecule has 0 amide bonds. The standard InChI is InChI=1S/C12H8N2O3/c15-10-6-11(14-13-10)17-12(16)9-5-4-7-2-1-3-8(7)9/h1-6H,(H2,13,14,15). The first-order valence-corrected chi connectivity index (χ1v) is 5.05. The third-order valence-corrected chi connectivity index (χ3v) is 2.56. The van der Waals surface area contributed by atoms with Crippen LogP contribution < -0.4 is 10.3 Å². The monoisotopic (exact) mass is 228 g/mol. The zero-order valence-electron chi connectivity index (χ0n) is 8.69. The topological polar surface area (TPSA) is 75.0 Å². The summed E-state index contributed by atoms with van der Waals surface area (Å²) in [5.74, 6) is -0.373. The number of rotatable bonds is 2. The van der Waals surface area contributed by atoms with Crippen LogP contribution in [-0.4, -0.2) is 16.2 Å². The fraction of sp³-hybridized carbons (Fsp3) is 0. The van der Waals surface area contributed by atoms with Crippen LogP contribution in [0.3, 0.4) is 0 Å². The van der Waals surface area contributed by atoms with Crippen molar-refractivity contribution in [2.75, 3.05) is 0 Å². The summed E-state index contributed by atoms with van der Waals surface area (Å²) in [6, 6.07) is 1.18. The van der Waals surface area contributed by atoms with Gasteiger partial charge in [0.15, 0.2) is 0 Å². The van der Waals surface area contributed by atoms with Gasteiger partial charge in [0.2, 0.25) is 5.88 Å². The van der Waals surface area contributed by atoms with E-state index < -0.39 is 5.97 Å². The number of allylic oxidation sites excluding steroid dienone is 6. The normalized spacial score (nSPS) is 16.4. The Morgan fingerprint density at radius 3 is 2.82 bits per heavy atom. The molecule has 0 fully saturated rings. The van der Waals surface area contributed by atoms with Crippen LogP contribution in [-0.2, 0) is 4.79 Å². The van der Waals surface area contributed by atoms with Crippen LogP contribution in [0.4, 0.5) is 0 Å². The largest absolute Gasteiger partial charge is 0.404 e. The van der Waals surface area contributed by atoms with E-state index in [0.717, 1.165) is 11.1 Å². The molecule has 0 aliphatic heterocycles. The summed E-state index contributed by atoms with van der Waals surface area (Å²) in [6.07, 6.45) is 9.21. The quantitative estimate of drug-likeness (QED) is 0.740. The fourth-order valence-electron chi connectivity index (χ4n) is 1.79. The Balaban J connectivity index is 1.87. The molecule has 2 aliphatic carbocycles. The molecule has 1 aromatic rings. The average Bonchev–Trinajstić information content (AvgIpc) is 2.93. The van der Waals surface area contributed by atoms with Crippen molar-refractivity contribution in [3.63, 3.8) is 0 Å². The molecular weight excluding hydrogens is 220 g/mol. The van der Waals surface area contributed by atoms with Crippen LogP contribution in [0.2, 0.25) is 0 Å². The molecule has 3 rings (SSSR count). The summed E-state index contributed by atoms with van der Waals surface area (Å²) in [5, 5.41) is 4.75. The number of hydrogen-bond donors (Lipinski definition) is 2. The van der Waals surface area contributed by atoms with E-state index in [1.807, 2.05) is 24.3 Å². The van der Waals surface area contributed by atoms with Crippen LogP contribution >= 0.6 is 0 Å². The molecular formula is C12H8N2O3. The maximum atomic E-state index is 11.8. The summed E-state index contributed by atoms with van der Waals surface area (Å²) in [7, 11) is 0. The molecule has 2 N–H and O–H groups in total. The van der Waals surface area contributed by atoms with Crippen molar-refractivity contribution in [3.8, 4) is 5.88 Å². The summed E-state index contributed by atoms with van der Waals surface area (Å²) < 4.78 is 5.03. The van der Waals surface area contributed by atoms with Gasteiger partial charge in [-0.1, -0.05) is 24.3 Å². The molecule has 5 nitrogen and oxygen atoms in total. The van der Waals surface area contributed by atoms with Crippen molar-refractivity contribution in [2.24, 2.45) is 0 Å². The van der Waals surface area contributed by atoms with E-state index in [9.17, 15) is 9.59 Å². The van der Waals surface area contributed by atoms with Crippen molar-refractivity contribution in [1.82, 2.24) is 10.2 Å². The summed E-state index contributed by atoms with van der Waals surface area (Å²) in [6.45, 7) is 0. The van der Waals surface area contributed by atoms with Gasteiger partial charge in [0.25, 0.3) is 5.56 Å². The molecule has 5 heteroatoms. The lowest BCUT2D eigenvalue weighted by Gasteiger charge is -2.02. The zero-order valence-corrected chi connectivity index (χ0v) is 8.69. The Hall–Kier alpha value is -2.56. The number of carbonyl (C=O) groups is 1. The molecule has 0 aromatic carbocycles. The molecule has 0 atom stereocenters. The molecule has 0 radical (unpaired) electrons. The first kappa shape index (κ1) is 9.65. The minimum absolute atomic E-state index is 0.112. The van der Waals surface area contributed by atoms with Crippen molar-refractivity contribution in [2.45, 2.75) is 0 Å². The number of esters is 1. The lowest BCUT2D eigenvalue weighted by Crippen LogP contribution is -2.10. The third-order valence-electron chi connectivity index (χ3n) is 2.56. The highest BCUT2D eigenvalue weighted by Crippen LogP contribution is 2.30. The second-order valence-corrected chi connectivity index (χ2v) is 3.65. The smallest absolute Gasteiger partial charge is 0.345 e. The molecule has 2 aliphatic rings. The molecule has 84 valence electrons. The summed E-state index contributed by atoms with van der Waals surface area (Å²) in [5.41, 5.74) is 2.01. The minimum Gasteiger partial charge on any atom is -0.404 e. The lowest BCUT2D eigenvalue weighted by atomic mass is 10.1. The Kier molecular flexibility index (Phi) is 1.98. The van der Waals surface area contributed by atoms with E-state index in [0.29, 0.717) is 5.57 Å². The maximum Gasteiger partial charge on any atom is 0.345 e. The van der Waals surface area contributed by atoms with Crippen molar-refractivity contribution in [1.29, 1.82) is 0 Å². The van der Waals surface area contributed by atoms with Gasteiger partial charge in [-0.2, -0.15) is 0 Å². The van der Waals surface area contributed by atoms with Crippen molar-refractivity contribution < 1.29 is 9.53 Å². The summed E-state index contributed by atoms with van der Waals surface area (Å²) in [4.78, 5) is 22.7. The highest BCUT2D eigenvalue weighted by atomic mass is 16.5. The first-order chi connectivity index (χ1) is 8.24. The van der Waals surface area contributed by atoms with E-state index in [2.05, 4.69) is 10.2 Å². The molecule has 0 bridgehead atoms. The number of H-pyrrole nitrogens is 2. The predicted molar refractivity (Wildman–Crippen MR) is 60.4 cm³/mol. The zero-order chi connectivity index (χ0) is 11.8. The second kappa shape index (κ2) is 3.48. The highest BCUT2D eigenvalue weighted by molar-refractivity contribution is 5.97. The van der Waals surface area contributed by atoms with Crippen molar-refractivity contribution in [3.05, 3.63) is 63.5 Å². The van der Waals surface area contributed by atoms with Crippen LogP contribution in [0, 0.1) is 0 Å². The van der Waals surface area contributed by atoms with Gasteiger partial charge in [-0.05, 0) is 17.2 Å². The first-order valence-electron chi connectivity index (χ1n) is 5.05. The van der Waals surface area contributed by atoms with Crippen LogP contribution in [0.5, 0.6) is 5.88 Å².